The van der Waals surface area contributed by atoms with Gasteiger partial charge in [0.15, 0.2) is 0 Å². The maximum absolute atomic E-state index is 12.3. The molecule has 0 spiro atoms. The van der Waals surface area contributed by atoms with Crippen molar-refractivity contribution in [2.45, 2.75) is 63.3 Å². The summed E-state index contributed by atoms with van der Waals surface area (Å²) in [6.45, 7) is 4.68. The van der Waals surface area contributed by atoms with Crippen molar-refractivity contribution >= 4 is 28.3 Å². The number of hydrogen-bond donors (Lipinski definition) is 3. The number of hydrogen-bond acceptors (Lipinski definition) is 4. The number of nitrogens with one attached hydrogen (secondary N) is 2. The quantitative estimate of drug-likeness (QED) is 0.501. The second kappa shape index (κ2) is 10.3. The predicted octanol–water partition coefficient (Wildman–Crippen LogP) is 2.41. The maximum atomic E-state index is 12.3. The number of carbonyl (C=O) groups is 1. The lowest BCUT2D eigenvalue weighted by molar-refractivity contribution is 0.0953. The second-order valence-corrected chi connectivity index (χ2v) is 8.39. The van der Waals surface area contributed by atoms with Crippen LogP contribution in [-0.4, -0.2) is 33.5 Å². The monoisotopic (exact) mass is 403 g/mol. The summed E-state index contributed by atoms with van der Waals surface area (Å²) in [5.41, 5.74) is 1.63. The number of rotatable bonds is 6. The summed E-state index contributed by atoms with van der Waals surface area (Å²) >= 11 is 0. The van der Waals surface area contributed by atoms with E-state index >= 15 is 0 Å². The van der Waals surface area contributed by atoms with E-state index in [2.05, 4.69) is 10.6 Å². The van der Waals surface area contributed by atoms with Crippen LogP contribution in [0.2, 0.25) is 0 Å². The van der Waals surface area contributed by atoms with Gasteiger partial charge in [-0.15, -0.1) is 12.4 Å². The van der Waals surface area contributed by atoms with Gasteiger partial charge in [-0.1, -0.05) is 25.7 Å². The Morgan fingerprint density at radius 3 is 2.31 bits per heavy atom. The highest BCUT2D eigenvalue weighted by Crippen LogP contribution is 2.20. The molecule has 1 aromatic rings. The molecule has 0 unspecified atom stereocenters. The zero-order valence-corrected chi connectivity index (χ0v) is 17.1. The van der Waals surface area contributed by atoms with Gasteiger partial charge in [-0.3, -0.25) is 4.79 Å². The minimum absolute atomic E-state index is 0. The SMILES string of the molecule is Cc1cc(C(=O)NCCNC2CCCCCC2)cc(S(N)(=O)=O)c1C.Cl. The van der Waals surface area contributed by atoms with Gasteiger partial charge in [-0.2, -0.15) is 0 Å². The van der Waals surface area contributed by atoms with E-state index in [4.69, 9.17) is 5.14 Å². The van der Waals surface area contributed by atoms with Gasteiger partial charge in [0, 0.05) is 24.7 Å². The van der Waals surface area contributed by atoms with E-state index in [0.29, 0.717) is 30.3 Å². The van der Waals surface area contributed by atoms with Crippen molar-refractivity contribution in [1.29, 1.82) is 0 Å². The van der Waals surface area contributed by atoms with Crippen LogP contribution in [0.5, 0.6) is 0 Å². The molecule has 148 valence electrons. The van der Waals surface area contributed by atoms with Crippen molar-refractivity contribution in [3.8, 4) is 0 Å². The lowest BCUT2D eigenvalue weighted by Gasteiger charge is -2.16. The van der Waals surface area contributed by atoms with E-state index < -0.39 is 10.0 Å². The summed E-state index contributed by atoms with van der Waals surface area (Å²) in [6.07, 6.45) is 7.56. The van der Waals surface area contributed by atoms with Crippen molar-refractivity contribution in [1.82, 2.24) is 10.6 Å². The zero-order chi connectivity index (χ0) is 18.4. The third-order valence-electron chi connectivity index (χ3n) is 4.89. The van der Waals surface area contributed by atoms with Gasteiger partial charge >= 0.3 is 0 Å². The molecule has 0 aliphatic heterocycles. The number of primary sulfonamides is 1. The first kappa shape index (κ1) is 22.9. The Balaban J connectivity index is 0.00000338. The number of benzene rings is 1. The van der Waals surface area contributed by atoms with Gasteiger partial charge in [-0.25, -0.2) is 13.6 Å². The average Bonchev–Trinajstić information content (AvgIpc) is 2.81. The number of carbonyl (C=O) groups excluding carboxylic acids is 1. The predicted molar refractivity (Wildman–Crippen MR) is 106 cm³/mol. The molecule has 1 amide bonds. The molecule has 0 aromatic heterocycles. The molecule has 0 saturated heterocycles. The summed E-state index contributed by atoms with van der Waals surface area (Å²) in [5, 5.41) is 11.6. The van der Waals surface area contributed by atoms with Crippen molar-refractivity contribution < 1.29 is 13.2 Å². The smallest absolute Gasteiger partial charge is 0.251 e. The number of nitrogens with two attached hydrogens (primary N) is 1. The summed E-state index contributed by atoms with van der Waals surface area (Å²) in [5.74, 6) is -0.282. The average molecular weight is 404 g/mol. The van der Waals surface area contributed by atoms with Gasteiger partial charge in [0.25, 0.3) is 5.91 Å². The van der Waals surface area contributed by atoms with Crippen molar-refractivity contribution in [2.75, 3.05) is 13.1 Å². The van der Waals surface area contributed by atoms with Gasteiger partial charge in [0.05, 0.1) is 4.90 Å². The first-order valence-corrected chi connectivity index (χ1v) is 10.5. The van der Waals surface area contributed by atoms with Gasteiger partial charge in [0.2, 0.25) is 10.0 Å². The topological polar surface area (TPSA) is 101 Å². The molecule has 4 N–H and O–H groups in total. The molecule has 0 radical (unpaired) electrons. The maximum Gasteiger partial charge on any atom is 0.251 e. The minimum Gasteiger partial charge on any atom is -0.351 e. The molecule has 8 heteroatoms. The van der Waals surface area contributed by atoms with Crippen LogP contribution in [-0.2, 0) is 10.0 Å². The van der Waals surface area contributed by atoms with Gasteiger partial charge in [0.1, 0.15) is 0 Å². The van der Waals surface area contributed by atoms with E-state index in [1.807, 2.05) is 0 Å². The van der Waals surface area contributed by atoms with E-state index in [1.165, 1.54) is 44.6 Å². The normalized spacial score (nSPS) is 15.8. The van der Waals surface area contributed by atoms with E-state index in [1.54, 1.807) is 19.9 Å². The Hall–Kier alpha value is -1.15. The molecule has 1 aliphatic rings. The van der Waals surface area contributed by atoms with Crippen molar-refractivity contribution in [3.05, 3.63) is 28.8 Å². The molecule has 26 heavy (non-hydrogen) atoms. The number of amides is 1. The Morgan fingerprint density at radius 1 is 1.12 bits per heavy atom. The van der Waals surface area contributed by atoms with Crippen LogP contribution < -0.4 is 15.8 Å². The van der Waals surface area contributed by atoms with E-state index in [0.717, 1.165) is 5.56 Å². The third kappa shape index (κ3) is 6.54. The zero-order valence-electron chi connectivity index (χ0n) is 15.5. The van der Waals surface area contributed by atoms with Crippen LogP contribution in [0.4, 0.5) is 0 Å². The Labute approximate surface area is 162 Å². The van der Waals surface area contributed by atoms with Crippen LogP contribution in [0.1, 0.15) is 60.0 Å². The van der Waals surface area contributed by atoms with Crippen LogP contribution in [0.3, 0.4) is 0 Å². The molecule has 0 bridgehead atoms. The number of aryl methyl sites for hydroxylation is 1. The highest BCUT2D eigenvalue weighted by Gasteiger charge is 2.17. The van der Waals surface area contributed by atoms with E-state index in [-0.39, 0.29) is 23.2 Å². The molecule has 1 fully saturated rings. The van der Waals surface area contributed by atoms with Crippen molar-refractivity contribution in [2.24, 2.45) is 5.14 Å². The second-order valence-electron chi connectivity index (χ2n) is 6.86. The van der Waals surface area contributed by atoms with Crippen LogP contribution in [0.25, 0.3) is 0 Å². The summed E-state index contributed by atoms with van der Waals surface area (Å²) in [4.78, 5) is 12.3. The fourth-order valence-electron chi connectivity index (χ4n) is 3.29. The number of sulfonamides is 1. The van der Waals surface area contributed by atoms with E-state index in [9.17, 15) is 13.2 Å². The van der Waals surface area contributed by atoms with Crippen LogP contribution >= 0.6 is 12.4 Å². The molecule has 1 aromatic carbocycles. The summed E-state index contributed by atoms with van der Waals surface area (Å²) in [7, 11) is -3.85. The lowest BCUT2D eigenvalue weighted by Crippen LogP contribution is -2.37. The van der Waals surface area contributed by atoms with Crippen LogP contribution in [0, 0.1) is 13.8 Å². The largest absolute Gasteiger partial charge is 0.351 e. The molecule has 6 nitrogen and oxygen atoms in total. The summed E-state index contributed by atoms with van der Waals surface area (Å²) in [6, 6.07) is 3.58. The molecule has 0 heterocycles. The van der Waals surface area contributed by atoms with Gasteiger partial charge in [-0.05, 0) is 49.9 Å². The molecule has 1 saturated carbocycles. The van der Waals surface area contributed by atoms with Gasteiger partial charge < -0.3 is 10.6 Å². The highest BCUT2D eigenvalue weighted by molar-refractivity contribution is 7.89. The number of halogens is 1. The standard InChI is InChI=1S/C18H29N3O3S.ClH/c1-13-11-15(12-17(14(13)2)25(19,23)24)18(22)21-10-9-20-16-7-5-3-4-6-8-16;/h11-12,16,20H,3-10H2,1-2H3,(H,21,22)(H2,19,23,24);1H. The first-order valence-electron chi connectivity index (χ1n) is 8.94. The lowest BCUT2D eigenvalue weighted by atomic mass is 10.1. The Kier molecular flexibility index (Phi) is 9.03. The fraction of sp³-hybridized carbons (Fsp3) is 0.611. The molecular weight excluding hydrogens is 374 g/mol. The Bertz CT molecular complexity index is 715. The fourth-order valence-corrected chi connectivity index (χ4v) is 4.17. The highest BCUT2D eigenvalue weighted by atomic mass is 35.5. The minimum atomic E-state index is -3.85. The molecule has 2 rings (SSSR count). The summed E-state index contributed by atoms with van der Waals surface area (Å²) < 4.78 is 23.4. The van der Waals surface area contributed by atoms with Crippen LogP contribution in [0.15, 0.2) is 17.0 Å². The Morgan fingerprint density at radius 2 is 1.73 bits per heavy atom. The molecule has 0 atom stereocenters. The molecule has 1 aliphatic carbocycles. The molecular formula is C18H30ClN3O3S. The third-order valence-corrected chi connectivity index (χ3v) is 5.92. The van der Waals surface area contributed by atoms with Crippen molar-refractivity contribution in [3.63, 3.8) is 0 Å². The first-order chi connectivity index (χ1) is 11.8.